The summed E-state index contributed by atoms with van der Waals surface area (Å²) in [5.41, 5.74) is 2.92. The standard InChI is InChI=1S/C31H40N2O6S2Si/c1-42(2,3)21-19-32-31(34)23-33(41(32,37)38)29-18-17-26(22-30(29)39-24-27-13-6-4-7-14-27)12-10-11-20-40(35,36)25-28-15-8-5-9-16-28/h4-9,13-18,22-23,34H,10-12,19-21,24-25H2,1-3H3. The lowest BCUT2D eigenvalue weighted by atomic mass is 10.1. The zero-order chi connectivity index (χ0) is 30.4. The van der Waals surface area contributed by atoms with Crippen LogP contribution in [0.4, 0.5) is 5.69 Å². The van der Waals surface area contributed by atoms with Gasteiger partial charge in [-0.2, -0.15) is 8.42 Å². The molecule has 11 heteroatoms. The number of hydrogen-bond donors (Lipinski definition) is 1. The number of anilines is 1. The number of aryl methyl sites for hydroxylation is 1. The van der Waals surface area contributed by atoms with Crippen LogP contribution in [0, 0.1) is 0 Å². The predicted octanol–water partition coefficient (Wildman–Crippen LogP) is 6.27. The fraction of sp³-hybridized carbons (Fsp3) is 0.355. The number of aliphatic hydroxyl groups is 1. The van der Waals surface area contributed by atoms with E-state index in [1.807, 2.05) is 72.8 Å². The number of rotatable bonds is 14. The summed E-state index contributed by atoms with van der Waals surface area (Å²) in [6.07, 6.45) is 3.00. The van der Waals surface area contributed by atoms with Crippen molar-refractivity contribution in [2.75, 3.05) is 16.6 Å². The third-order valence-corrected chi connectivity index (χ3v) is 12.1. The van der Waals surface area contributed by atoms with E-state index in [0.29, 0.717) is 36.7 Å². The predicted molar refractivity (Wildman–Crippen MR) is 171 cm³/mol. The molecule has 0 atom stereocenters. The van der Waals surface area contributed by atoms with Crippen LogP contribution in [0.25, 0.3) is 0 Å². The Morgan fingerprint density at radius 3 is 2.14 bits per heavy atom. The van der Waals surface area contributed by atoms with Gasteiger partial charge in [-0.05, 0) is 54.1 Å². The Bertz CT molecular complexity index is 1590. The minimum Gasteiger partial charge on any atom is -0.493 e. The fourth-order valence-electron chi connectivity index (χ4n) is 4.62. The minimum atomic E-state index is -4.03. The van der Waals surface area contributed by atoms with Crippen molar-refractivity contribution in [2.24, 2.45) is 0 Å². The molecule has 8 nitrogen and oxygen atoms in total. The zero-order valence-corrected chi connectivity index (χ0v) is 27.1. The molecule has 1 heterocycles. The van der Waals surface area contributed by atoms with E-state index in [4.69, 9.17) is 4.74 Å². The van der Waals surface area contributed by atoms with E-state index >= 15 is 0 Å². The quantitative estimate of drug-likeness (QED) is 0.167. The summed E-state index contributed by atoms with van der Waals surface area (Å²) in [5.74, 6) is 0.177. The van der Waals surface area contributed by atoms with Crippen molar-refractivity contribution in [1.82, 2.24) is 4.31 Å². The molecule has 42 heavy (non-hydrogen) atoms. The molecule has 0 saturated heterocycles. The monoisotopic (exact) mass is 628 g/mol. The van der Waals surface area contributed by atoms with Crippen molar-refractivity contribution in [3.63, 3.8) is 0 Å². The van der Waals surface area contributed by atoms with Crippen molar-refractivity contribution in [2.45, 2.75) is 57.3 Å². The summed E-state index contributed by atoms with van der Waals surface area (Å²) in [5, 5.41) is 10.6. The van der Waals surface area contributed by atoms with Gasteiger partial charge in [-0.3, -0.25) is 0 Å². The van der Waals surface area contributed by atoms with E-state index in [-0.39, 0.29) is 30.5 Å². The molecule has 0 aliphatic carbocycles. The zero-order valence-electron chi connectivity index (χ0n) is 24.4. The Hall–Kier alpha value is -3.28. The molecule has 0 fully saturated rings. The maximum Gasteiger partial charge on any atom is 0.332 e. The van der Waals surface area contributed by atoms with Crippen molar-refractivity contribution in [3.8, 4) is 5.75 Å². The lowest BCUT2D eigenvalue weighted by Gasteiger charge is -2.25. The van der Waals surface area contributed by atoms with E-state index < -0.39 is 28.1 Å². The molecular weight excluding hydrogens is 589 g/mol. The van der Waals surface area contributed by atoms with Crippen LogP contribution < -0.4 is 9.04 Å². The van der Waals surface area contributed by atoms with Gasteiger partial charge in [0.1, 0.15) is 18.0 Å². The highest BCUT2D eigenvalue weighted by molar-refractivity contribution is 7.91. The van der Waals surface area contributed by atoms with Crippen LogP contribution in [0.15, 0.2) is 90.9 Å². The molecule has 4 rings (SSSR count). The van der Waals surface area contributed by atoms with Gasteiger partial charge in [0.2, 0.25) is 5.88 Å². The summed E-state index contributed by atoms with van der Waals surface area (Å²) in [4.78, 5) is 0. The van der Waals surface area contributed by atoms with E-state index in [0.717, 1.165) is 25.3 Å². The van der Waals surface area contributed by atoms with Crippen molar-refractivity contribution < 1.29 is 26.7 Å². The number of unbranched alkanes of at least 4 members (excludes halogenated alkanes) is 1. The normalized spacial score (nSPS) is 15.1. The van der Waals surface area contributed by atoms with E-state index in [2.05, 4.69) is 19.6 Å². The van der Waals surface area contributed by atoms with Crippen molar-refractivity contribution in [3.05, 3.63) is 108 Å². The average molecular weight is 629 g/mol. The number of sulfone groups is 1. The molecule has 226 valence electrons. The van der Waals surface area contributed by atoms with Gasteiger partial charge in [0.15, 0.2) is 9.84 Å². The number of nitrogens with zero attached hydrogens (tertiary/aromatic N) is 2. The lowest BCUT2D eigenvalue weighted by molar-refractivity contribution is 0.294. The molecule has 1 N–H and O–H groups in total. The van der Waals surface area contributed by atoms with Crippen LogP contribution in [-0.4, -0.2) is 46.6 Å². The van der Waals surface area contributed by atoms with Gasteiger partial charge in [0.25, 0.3) is 0 Å². The Morgan fingerprint density at radius 2 is 1.50 bits per heavy atom. The van der Waals surface area contributed by atoms with Gasteiger partial charge in [0.05, 0.1) is 17.7 Å². The second-order valence-electron chi connectivity index (χ2n) is 11.8. The molecule has 1 aliphatic rings. The molecule has 0 bridgehead atoms. The number of benzene rings is 3. The molecular formula is C31H40N2O6S2Si. The van der Waals surface area contributed by atoms with E-state index in [1.165, 1.54) is 6.20 Å². The first-order chi connectivity index (χ1) is 19.8. The molecule has 3 aromatic rings. The summed E-state index contributed by atoms with van der Waals surface area (Å²) in [7, 11) is -8.82. The minimum absolute atomic E-state index is 0.0274. The Balaban J connectivity index is 1.49. The topological polar surface area (TPSA) is 104 Å². The molecule has 0 aromatic heterocycles. The molecule has 0 amide bonds. The van der Waals surface area contributed by atoms with Gasteiger partial charge in [-0.1, -0.05) is 86.4 Å². The maximum atomic E-state index is 13.5. The summed E-state index contributed by atoms with van der Waals surface area (Å²) < 4.78 is 60.5. The molecule has 1 aliphatic heterocycles. The lowest BCUT2D eigenvalue weighted by Crippen LogP contribution is -2.37. The SMILES string of the molecule is C[Si](C)(C)CCN1C(O)=CN(c2ccc(CCCCS(=O)(=O)Cc3ccccc3)cc2OCc2ccccc2)S1(=O)=O. The van der Waals surface area contributed by atoms with Crippen LogP contribution in [0.5, 0.6) is 5.75 Å². The summed E-state index contributed by atoms with van der Waals surface area (Å²) >= 11 is 0. The molecule has 0 saturated carbocycles. The fourth-order valence-corrected chi connectivity index (χ4v) is 8.61. The highest BCUT2D eigenvalue weighted by Crippen LogP contribution is 2.38. The third-order valence-electron chi connectivity index (χ3n) is 6.98. The first-order valence-corrected chi connectivity index (χ1v) is 21.0. The van der Waals surface area contributed by atoms with Crippen LogP contribution in [0.3, 0.4) is 0 Å². The van der Waals surface area contributed by atoms with E-state index in [9.17, 15) is 21.9 Å². The van der Waals surface area contributed by atoms with Gasteiger partial charge in [0, 0.05) is 14.6 Å². The molecule has 0 unspecified atom stereocenters. The highest BCUT2D eigenvalue weighted by Gasteiger charge is 2.39. The summed E-state index contributed by atoms with van der Waals surface area (Å²) in [6.45, 7) is 6.91. The Labute approximate surface area is 251 Å². The van der Waals surface area contributed by atoms with Crippen molar-refractivity contribution >= 4 is 33.8 Å². The molecule has 0 radical (unpaired) electrons. The highest BCUT2D eigenvalue weighted by atomic mass is 32.2. The van der Waals surface area contributed by atoms with Crippen molar-refractivity contribution in [1.29, 1.82) is 0 Å². The second-order valence-corrected chi connectivity index (χ2v) is 21.3. The number of hydrogen-bond acceptors (Lipinski definition) is 6. The molecule has 3 aromatic carbocycles. The van der Waals surface area contributed by atoms with E-state index in [1.54, 1.807) is 6.07 Å². The van der Waals surface area contributed by atoms with Crippen LogP contribution >= 0.6 is 0 Å². The maximum absolute atomic E-state index is 13.5. The molecule has 0 spiro atoms. The first kappa shape index (κ1) is 31.6. The number of ether oxygens (including phenoxy) is 1. The average Bonchev–Trinajstić information content (AvgIpc) is 3.16. The Kier molecular flexibility index (Phi) is 10.1. The number of aliphatic hydroxyl groups excluding tert-OH is 1. The second kappa shape index (κ2) is 13.3. The van der Waals surface area contributed by atoms with Crippen LogP contribution in [-0.2, 0) is 38.8 Å². The van der Waals surface area contributed by atoms with Gasteiger partial charge < -0.3 is 9.84 Å². The van der Waals surface area contributed by atoms with Gasteiger partial charge in [-0.25, -0.2) is 17.0 Å². The van der Waals surface area contributed by atoms with Gasteiger partial charge >= 0.3 is 10.2 Å². The summed E-state index contributed by atoms with van der Waals surface area (Å²) in [6, 6.07) is 24.8. The largest absolute Gasteiger partial charge is 0.493 e. The Morgan fingerprint density at radius 1 is 0.857 bits per heavy atom. The first-order valence-electron chi connectivity index (χ1n) is 14.1. The third kappa shape index (κ3) is 8.62. The van der Waals surface area contributed by atoms with Crippen LogP contribution in [0.1, 0.15) is 29.5 Å². The van der Waals surface area contributed by atoms with Gasteiger partial charge in [-0.15, -0.1) is 0 Å². The smallest absolute Gasteiger partial charge is 0.332 e. The van der Waals surface area contributed by atoms with Crippen LogP contribution in [0.2, 0.25) is 25.7 Å².